The molecule has 1 aliphatic rings. The van der Waals surface area contributed by atoms with Gasteiger partial charge in [-0.2, -0.15) is 0 Å². The molecule has 0 bridgehead atoms. The van der Waals surface area contributed by atoms with Crippen LogP contribution in [0, 0.1) is 5.41 Å². The summed E-state index contributed by atoms with van der Waals surface area (Å²) in [7, 11) is 0. The fourth-order valence-corrected chi connectivity index (χ4v) is 0.906. The molecule has 2 N–H and O–H groups in total. The van der Waals surface area contributed by atoms with Gasteiger partial charge in [-0.15, -0.1) is 0 Å². The van der Waals surface area contributed by atoms with Gasteiger partial charge in [-0.1, -0.05) is 20.8 Å². The Morgan fingerprint density at radius 3 is 2.23 bits per heavy atom. The molecule has 0 aliphatic carbocycles. The van der Waals surface area contributed by atoms with Gasteiger partial charge in [0.05, 0.1) is 0 Å². The molecule has 0 fully saturated rings. The molecule has 0 aromatic rings. The first-order valence-corrected chi connectivity index (χ1v) is 4.16. The molecule has 0 spiro atoms. The van der Waals surface area contributed by atoms with Crippen molar-refractivity contribution in [3.05, 3.63) is 11.5 Å². The minimum atomic E-state index is -0.549. The van der Waals surface area contributed by atoms with Gasteiger partial charge in [-0.3, -0.25) is 0 Å². The minimum absolute atomic E-state index is 0.0560. The molecule has 4 nitrogen and oxygen atoms in total. The zero-order valence-corrected chi connectivity index (χ0v) is 8.38. The number of esters is 1. The van der Waals surface area contributed by atoms with Gasteiger partial charge in [0.1, 0.15) is 5.76 Å². The van der Waals surface area contributed by atoms with Gasteiger partial charge in [0.15, 0.2) is 5.70 Å². The lowest BCUT2D eigenvalue weighted by molar-refractivity contribution is -0.196. The van der Waals surface area contributed by atoms with Crippen LogP contribution in [0.5, 0.6) is 0 Å². The maximum Gasteiger partial charge on any atom is 0.360 e. The van der Waals surface area contributed by atoms with E-state index in [4.69, 9.17) is 15.2 Å². The van der Waals surface area contributed by atoms with E-state index in [1.54, 1.807) is 6.92 Å². The van der Waals surface area contributed by atoms with Gasteiger partial charge in [0.2, 0.25) is 6.29 Å². The fourth-order valence-electron chi connectivity index (χ4n) is 0.906. The van der Waals surface area contributed by atoms with Crippen LogP contribution in [-0.4, -0.2) is 12.3 Å². The molecular formula is C9H15NO3. The first kappa shape index (κ1) is 9.89. The summed E-state index contributed by atoms with van der Waals surface area (Å²) in [6.07, 6.45) is -0.549. The highest BCUT2D eigenvalue weighted by atomic mass is 16.7. The van der Waals surface area contributed by atoms with E-state index in [-0.39, 0.29) is 11.1 Å². The van der Waals surface area contributed by atoms with Crippen molar-refractivity contribution in [1.82, 2.24) is 0 Å². The van der Waals surface area contributed by atoms with Crippen LogP contribution < -0.4 is 5.73 Å². The van der Waals surface area contributed by atoms with Crippen LogP contribution in [0.3, 0.4) is 0 Å². The van der Waals surface area contributed by atoms with Crippen LogP contribution in [0.4, 0.5) is 0 Å². The highest BCUT2D eigenvalue weighted by Gasteiger charge is 2.35. The summed E-state index contributed by atoms with van der Waals surface area (Å²) in [6, 6.07) is 0. The van der Waals surface area contributed by atoms with E-state index in [0.29, 0.717) is 5.76 Å². The van der Waals surface area contributed by atoms with Crippen molar-refractivity contribution < 1.29 is 14.3 Å². The second kappa shape index (κ2) is 2.94. The highest BCUT2D eigenvalue weighted by molar-refractivity contribution is 5.88. The Hall–Kier alpha value is -1.19. The molecule has 1 heterocycles. The predicted molar refractivity (Wildman–Crippen MR) is 47.3 cm³/mol. The molecule has 0 aromatic heterocycles. The number of carbonyl (C=O) groups excluding carboxylic acids is 1. The van der Waals surface area contributed by atoms with Crippen LogP contribution in [0.15, 0.2) is 11.5 Å². The third-order valence-corrected chi connectivity index (χ3v) is 1.80. The molecule has 1 aliphatic heterocycles. The van der Waals surface area contributed by atoms with E-state index >= 15 is 0 Å². The molecule has 13 heavy (non-hydrogen) atoms. The third-order valence-electron chi connectivity index (χ3n) is 1.80. The van der Waals surface area contributed by atoms with Crippen LogP contribution in [0.1, 0.15) is 27.7 Å². The number of cyclic esters (lactones) is 1. The second-order valence-electron chi connectivity index (χ2n) is 4.19. The Labute approximate surface area is 77.7 Å². The Bertz CT molecular complexity index is 263. The molecule has 74 valence electrons. The zero-order chi connectivity index (χ0) is 10.2. The van der Waals surface area contributed by atoms with Crippen LogP contribution in [0.25, 0.3) is 0 Å². The summed E-state index contributed by atoms with van der Waals surface area (Å²) < 4.78 is 10.3. The number of allylic oxidation sites excluding steroid dienone is 1. The van der Waals surface area contributed by atoms with E-state index in [0.717, 1.165) is 0 Å². The van der Waals surface area contributed by atoms with Gasteiger partial charge >= 0.3 is 5.97 Å². The van der Waals surface area contributed by atoms with Gasteiger partial charge in [0, 0.05) is 5.41 Å². The van der Waals surface area contributed by atoms with E-state index in [1.807, 2.05) is 20.8 Å². The smallest absolute Gasteiger partial charge is 0.360 e. The summed E-state index contributed by atoms with van der Waals surface area (Å²) in [6.45, 7) is 7.45. The molecule has 0 radical (unpaired) electrons. The van der Waals surface area contributed by atoms with Crippen molar-refractivity contribution in [3.8, 4) is 0 Å². The zero-order valence-electron chi connectivity index (χ0n) is 8.38. The minimum Gasteiger partial charge on any atom is -0.456 e. The summed E-state index contributed by atoms with van der Waals surface area (Å²) in [4.78, 5) is 11.2. The summed E-state index contributed by atoms with van der Waals surface area (Å²) in [5.74, 6) is -0.0557. The first-order chi connectivity index (χ1) is 5.82. The topological polar surface area (TPSA) is 61.6 Å². The van der Waals surface area contributed by atoms with Gasteiger partial charge in [0.25, 0.3) is 0 Å². The molecule has 1 atom stereocenters. The normalized spacial score (nSPS) is 24.0. The number of hydrogen-bond acceptors (Lipinski definition) is 4. The number of rotatable bonds is 0. The lowest BCUT2D eigenvalue weighted by Gasteiger charge is -2.33. The van der Waals surface area contributed by atoms with E-state index in [1.165, 1.54) is 0 Å². The summed E-state index contributed by atoms with van der Waals surface area (Å²) in [5.41, 5.74) is 5.22. The van der Waals surface area contributed by atoms with Crippen LogP contribution in [-0.2, 0) is 14.3 Å². The van der Waals surface area contributed by atoms with E-state index < -0.39 is 12.3 Å². The molecule has 0 aromatic carbocycles. The van der Waals surface area contributed by atoms with Gasteiger partial charge in [-0.25, -0.2) is 4.79 Å². The molecule has 4 heteroatoms. The molecule has 0 saturated carbocycles. The number of carbonyl (C=O) groups is 1. The van der Waals surface area contributed by atoms with E-state index in [9.17, 15) is 4.79 Å². The first-order valence-electron chi connectivity index (χ1n) is 4.16. The lowest BCUT2D eigenvalue weighted by Crippen LogP contribution is -2.39. The molecule has 1 unspecified atom stereocenters. The molecule has 0 saturated heterocycles. The van der Waals surface area contributed by atoms with Crippen LogP contribution >= 0.6 is 0 Å². The average molecular weight is 185 g/mol. The van der Waals surface area contributed by atoms with Gasteiger partial charge < -0.3 is 15.2 Å². The third kappa shape index (κ3) is 1.94. The highest BCUT2D eigenvalue weighted by Crippen LogP contribution is 2.29. The second-order valence-corrected chi connectivity index (χ2v) is 4.19. The number of ether oxygens (including phenoxy) is 2. The standard InChI is InChI=1S/C9H15NO3/c1-5-6(10)7(11)13-8(12-5)9(2,3)4/h8H,10H2,1-4H3. The number of nitrogens with two attached hydrogens (primary N) is 1. The Balaban J connectivity index is 2.86. The van der Waals surface area contributed by atoms with Crippen molar-refractivity contribution in [2.45, 2.75) is 34.0 Å². The van der Waals surface area contributed by atoms with Crippen molar-refractivity contribution in [1.29, 1.82) is 0 Å². The average Bonchev–Trinajstić information content (AvgIpc) is 1.97. The van der Waals surface area contributed by atoms with Crippen molar-refractivity contribution in [2.75, 3.05) is 0 Å². The molecule has 1 rings (SSSR count). The van der Waals surface area contributed by atoms with Crippen molar-refractivity contribution in [2.24, 2.45) is 11.1 Å². The predicted octanol–water partition coefficient (Wildman–Crippen LogP) is 1.12. The largest absolute Gasteiger partial charge is 0.456 e. The monoisotopic (exact) mass is 185 g/mol. The van der Waals surface area contributed by atoms with E-state index in [2.05, 4.69) is 0 Å². The Morgan fingerprint density at radius 1 is 1.31 bits per heavy atom. The van der Waals surface area contributed by atoms with Gasteiger partial charge in [-0.05, 0) is 6.92 Å². The maximum atomic E-state index is 11.2. The maximum absolute atomic E-state index is 11.2. The fraction of sp³-hybridized carbons (Fsp3) is 0.667. The number of hydrogen-bond donors (Lipinski definition) is 1. The summed E-state index contributed by atoms with van der Waals surface area (Å²) >= 11 is 0. The van der Waals surface area contributed by atoms with Crippen LogP contribution in [0.2, 0.25) is 0 Å². The molecular weight excluding hydrogens is 170 g/mol. The Kier molecular flexibility index (Phi) is 2.24. The van der Waals surface area contributed by atoms with Crippen molar-refractivity contribution >= 4 is 5.97 Å². The Morgan fingerprint density at radius 2 is 1.85 bits per heavy atom. The molecule has 0 amide bonds. The van der Waals surface area contributed by atoms with Crippen molar-refractivity contribution in [3.63, 3.8) is 0 Å². The lowest BCUT2D eigenvalue weighted by atomic mass is 9.95. The summed E-state index contributed by atoms with van der Waals surface area (Å²) in [5, 5.41) is 0. The quantitative estimate of drug-likeness (QED) is 0.574. The SMILES string of the molecule is CC1=C(N)C(=O)OC(C(C)(C)C)O1.